The van der Waals surface area contributed by atoms with Crippen LogP contribution in [0.15, 0.2) is 12.5 Å². The normalized spacial score (nSPS) is 17.7. The van der Waals surface area contributed by atoms with Crippen molar-refractivity contribution in [1.82, 2.24) is 25.9 Å². The number of carbonyl (C=O) groups is 1. The second-order valence-electron chi connectivity index (χ2n) is 4.89. The maximum Gasteiger partial charge on any atom is 0.238 e. The zero-order valence-corrected chi connectivity index (χ0v) is 13.2. The van der Waals surface area contributed by atoms with E-state index >= 15 is 0 Å². The van der Waals surface area contributed by atoms with Crippen molar-refractivity contribution >= 4 is 5.91 Å². The van der Waals surface area contributed by atoms with Crippen LogP contribution in [0.5, 0.6) is 0 Å². The molecule has 120 valence electrons. The van der Waals surface area contributed by atoms with Gasteiger partial charge in [-0.3, -0.25) is 4.79 Å². The molecular weight excluding hydrogens is 266 g/mol. The molecule has 1 aromatic rings. The third-order valence-corrected chi connectivity index (χ3v) is 3.33. The SMILES string of the molecule is CC.O=C(NCCCCCc1cnc[nH]1)C1CNCCN1. The minimum Gasteiger partial charge on any atom is -0.355 e. The van der Waals surface area contributed by atoms with Crippen LogP contribution in [0.4, 0.5) is 0 Å². The van der Waals surface area contributed by atoms with Crippen molar-refractivity contribution in [3.05, 3.63) is 18.2 Å². The summed E-state index contributed by atoms with van der Waals surface area (Å²) < 4.78 is 0. The number of aromatic amines is 1. The molecule has 1 aliphatic heterocycles. The van der Waals surface area contributed by atoms with E-state index in [1.807, 2.05) is 20.0 Å². The third-order valence-electron chi connectivity index (χ3n) is 3.33. The maximum atomic E-state index is 11.8. The van der Waals surface area contributed by atoms with Crippen LogP contribution in [0, 0.1) is 0 Å². The van der Waals surface area contributed by atoms with Crippen molar-refractivity contribution in [1.29, 1.82) is 0 Å². The summed E-state index contributed by atoms with van der Waals surface area (Å²) >= 11 is 0. The van der Waals surface area contributed by atoms with Crippen molar-refractivity contribution in [2.75, 3.05) is 26.2 Å². The Hall–Kier alpha value is -1.40. The molecular formula is C15H29N5O. The topological polar surface area (TPSA) is 81.8 Å². The molecule has 0 radical (unpaired) electrons. The van der Waals surface area contributed by atoms with Gasteiger partial charge in [0.25, 0.3) is 0 Å². The summed E-state index contributed by atoms with van der Waals surface area (Å²) in [6, 6.07) is -0.0706. The lowest BCUT2D eigenvalue weighted by molar-refractivity contribution is -0.123. The van der Waals surface area contributed by atoms with Crippen LogP contribution in [0.25, 0.3) is 0 Å². The average molecular weight is 295 g/mol. The van der Waals surface area contributed by atoms with Crippen molar-refractivity contribution < 1.29 is 4.79 Å². The molecule has 4 N–H and O–H groups in total. The highest BCUT2D eigenvalue weighted by molar-refractivity contribution is 5.82. The summed E-state index contributed by atoms with van der Waals surface area (Å²) in [5, 5.41) is 9.40. The first-order valence-electron chi connectivity index (χ1n) is 8.05. The van der Waals surface area contributed by atoms with Gasteiger partial charge in [-0.05, 0) is 19.3 Å². The van der Waals surface area contributed by atoms with Crippen molar-refractivity contribution in [3.63, 3.8) is 0 Å². The molecule has 0 aromatic carbocycles. The Morgan fingerprint density at radius 3 is 2.86 bits per heavy atom. The van der Waals surface area contributed by atoms with Gasteiger partial charge in [0, 0.05) is 38.1 Å². The summed E-state index contributed by atoms with van der Waals surface area (Å²) in [5.41, 5.74) is 1.18. The number of nitrogens with one attached hydrogen (secondary N) is 4. The number of H-pyrrole nitrogens is 1. The molecule has 2 heterocycles. The van der Waals surface area contributed by atoms with E-state index < -0.39 is 0 Å². The van der Waals surface area contributed by atoms with Gasteiger partial charge in [0.2, 0.25) is 5.91 Å². The molecule has 1 amide bonds. The number of aromatic nitrogens is 2. The summed E-state index contributed by atoms with van der Waals surface area (Å²) in [4.78, 5) is 18.9. The van der Waals surface area contributed by atoms with Gasteiger partial charge in [-0.25, -0.2) is 4.98 Å². The van der Waals surface area contributed by atoms with Crippen LogP contribution in [0.1, 0.15) is 38.8 Å². The largest absolute Gasteiger partial charge is 0.355 e. The molecule has 1 aliphatic rings. The van der Waals surface area contributed by atoms with E-state index in [4.69, 9.17) is 0 Å². The van der Waals surface area contributed by atoms with Gasteiger partial charge in [0.05, 0.1) is 12.4 Å². The third kappa shape index (κ3) is 7.24. The molecule has 2 rings (SSSR count). The van der Waals surface area contributed by atoms with Gasteiger partial charge in [0.15, 0.2) is 0 Å². The summed E-state index contributed by atoms with van der Waals surface area (Å²) in [6.07, 6.45) is 7.88. The number of unbranched alkanes of at least 4 members (excludes halogenated alkanes) is 2. The molecule has 0 aliphatic carbocycles. The highest BCUT2D eigenvalue weighted by atomic mass is 16.2. The molecule has 6 nitrogen and oxygen atoms in total. The zero-order chi connectivity index (χ0) is 15.3. The van der Waals surface area contributed by atoms with Gasteiger partial charge in [-0.2, -0.15) is 0 Å². The summed E-state index contributed by atoms with van der Waals surface area (Å²) in [7, 11) is 0. The van der Waals surface area contributed by atoms with Crippen molar-refractivity contribution in [2.24, 2.45) is 0 Å². The fourth-order valence-electron chi connectivity index (χ4n) is 2.21. The Labute approximate surface area is 127 Å². The summed E-state index contributed by atoms with van der Waals surface area (Å²) in [6.45, 7) is 7.30. The minimum atomic E-state index is -0.0706. The second kappa shape index (κ2) is 11.3. The smallest absolute Gasteiger partial charge is 0.238 e. The van der Waals surface area contributed by atoms with E-state index in [0.29, 0.717) is 0 Å². The first-order valence-corrected chi connectivity index (χ1v) is 8.05. The van der Waals surface area contributed by atoms with Crippen molar-refractivity contribution in [3.8, 4) is 0 Å². The van der Waals surface area contributed by atoms with E-state index in [2.05, 4.69) is 25.9 Å². The van der Waals surface area contributed by atoms with Crippen LogP contribution < -0.4 is 16.0 Å². The van der Waals surface area contributed by atoms with Crippen LogP contribution in [-0.2, 0) is 11.2 Å². The Balaban J connectivity index is 0.00000106. The number of carbonyl (C=O) groups excluding carboxylic acids is 1. The van der Waals surface area contributed by atoms with Crippen LogP contribution in [0.3, 0.4) is 0 Å². The lowest BCUT2D eigenvalue weighted by Crippen LogP contribution is -2.55. The fourth-order valence-corrected chi connectivity index (χ4v) is 2.21. The number of piperazine rings is 1. The summed E-state index contributed by atoms with van der Waals surface area (Å²) in [5.74, 6) is 0.112. The van der Waals surface area contributed by atoms with E-state index in [0.717, 1.165) is 51.9 Å². The van der Waals surface area contributed by atoms with Crippen LogP contribution >= 0.6 is 0 Å². The Bertz CT molecular complexity index is 360. The quantitative estimate of drug-likeness (QED) is 0.562. The standard InChI is InChI=1S/C13H23N5O.C2H6/c19-13(12-9-14-6-7-16-12)17-5-3-1-2-4-11-8-15-10-18-11;1-2/h8,10,12,14,16H,1-7,9H2,(H,15,18)(H,17,19);1-2H3. The molecule has 0 spiro atoms. The average Bonchev–Trinajstić information content (AvgIpc) is 3.06. The first kappa shape index (κ1) is 17.7. The zero-order valence-electron chi connectivity index (χ0n) is 13.2. The van der Waals surface area contributed by atoms with Crippen LogP contribution in [0.2, 0.25) is 0 Å². The van der Waals surface area contributed by atoms with Gasteiger partial charge in [-0.1, -0.05) is 20.3 Å². The molecule has 6 heteroatoms. The Morgan fingerprint density at radius 1 is 1.33 bits per heavy atom. The Kier molecular flexibility index (Phi) is 9.48. The van der Waals surface area contributed by atoms with Gasteiger partial charge < -0.3 is 20.9 Å². The van der Waals surface area contributed by atoms with Crippen molar-refractivity contribution in [2.45, 2.75) is 45.6 Å². The number of aryl methyl sites for hydroxylation is 1. The number of nitrogens with zero attached hydrogens (tertiary/aromatic N) is 1. The number of amides is 1. The molecule has 1 atom stereocenters. The molecule has 0 bridgehead atoms. The second-order valence-corrected chi connectivity index (χ2v) is 4.89. The molecule has 1 unspecified atom stereocenters. The van der Waals surface area contributed by atoms with Gasteiger partial charge in [-0.15, -0.1) is 0 Å². The lowest BCUT2D eigenvalue weighted by atomic mass is 10.1. The fraction of sp³-hybridized carbons (Fsp3) is 0.733. The molecule has 21 heavy (non-hydrogen) atoms. The predicted octanol–water partition coefficient (Wildman–Crippen LogP) is 0.826. The predicted molar refractivity (Wildman–Crippen MR) is 85.2 cm³/mol. The monoisotopic (exact) mass is 295 g/mol. The molecule has 1 saturated heterocycles. The maximum absolute atomic E-state index is 11.8. The lowest BCUT2D eigenvalue weighted by Gasteiger charge is -2.23. The highest BCUT2D eigenvalue weighted by Crippen LogP contribution is 2.02. The van der Waals surface area contributed by atoms with E-state index in [1.165, 1.54) is 5.69 Å². The Morgan fingerprint density at radius 2 is 2.19 bits per heavy atom. The van der Waals surface area contributed by atoms with Gasteiger partial charge in [0.1, 0.15) is 0 Å². The van der Waals surface area contributed by atoms with E-state index in [9.17, 15) is 4.79 Å². The van der Waals surface area contributed by atoms with E-state index in [1.54, 1.807) is 6.33 Å². The minimum absolute atomic E-state index is 0.0706. The molecule has 1 aromatic heterocycles. The molecule has 1 fully saturated rings. The number of hydrogen-bond acceptors (Lipinski definition) is 4. The number of hydrogen-bond donors (Lipinski definition) is 4. The van der Waals surface area contributed by atoms with E-state index in [-0.39, 0.29) is 11.9 Å². The highest BCUT2D eigenvalue weighted by Gasteiger charge is 2.19. The molecule has 0 saturated carbocycles. The number of rotatable bonds is 7. The first-order chi connectivity index (χ1) is 10.4. The van der Waals surface area contributed by atoms with Crippen LogP contribution in [-0.4, -0.2) is 48.1 Å². The number of imidazole rings is 1. The van der Waals surface area contributed by atoms with Gasteiger partial charge >= 0.3 is 0 Å².